The van der Waals surface area contributed by atoms with E-state index >= 15 is 0 Å². The molecule has 3 heteroatoms. The zero-order chi connectivity index (χ0) is 8.97. The Kier molecular flexibility index (Phi) is 3.69. The molecular formula is C9H11BrFN. The van der Waals surface area contributed by atoms with Crippen LogP contribution in [-0.4, -0.2) is 17.4 Å². The molecule has 0 unspecified atom stereocenters. The van der Waals surface area contributed by atoms with E-state index in [2.05, 4.69) is 20.8 Å². The van der Waals surface area contributed by atoms with Gasteiger partial charge in [0.2, 0.25) is 0 Å². The normalized spacial score (nSPS) is 10.7. The van der Waals surface area contributed by atoms with Gasteiger partial charge in [0.05, 0.1) is 5.45 Å². The Labute approximate surface area is 80.3 Å². The second-order valence-electron chi connectivity index (χ2n) is 2.76. The molecule has 0 atom stereocenters. The van der Waals surface area contributed by atoms with Gasteiger partial charge in [0.15, 0.2) is 0 Å². The summed E-state index contributed by atoms with van der Waals surface area (Å²) in [6.45, 7) is 0.839. The topological polar surface area (TPSA) is 3.24 Å². The molecule has 1 rings (SSSR count). The first-order valence-corrected chi connectivity index (χ1v) is 4.83. The lowest BCUT2D eigenvalue weighted by Crippen LogP contribution is -2.14. The largest absolute Gasteiger partial charge is 0.292 e. The highest BCUT2D eigenvalue weighted by molar-refractivity contribution is 9.09. The summed E-state index contributed by atoms with van der Waals surface area (Å²) < 4.78 is 12.5. The highest BCUT2D eigenvalue weighted by Crippen LogP contribution is 2.05. The van der Waals surface area contributed by atoms with Crippen LogP contribution in [0, 0.1) is 5.82 Å². The van der Waals surface area contributed by atoms with Crippen LogP contribution in [-0.2, 0) is 6.54 Å². The van der Waals surface area contributed by atoms with Crippen molar-refractivity contribution >= 4 is 15.9 Å². The minimum Gasteiger partial charge on any atom is -0.292 e. The average Bonchev–Trinajstić information content (AvgIpc) is 2.09. The van der Waals surface area contributed by atoms with Gasteiger partial charge in [0.1, 0.15) is 5.82 Å². The van der Waals surface area contributed by atoms with Crippen molar-refractivity contribution in [2.24, 2.45) is 0 Å². The highest BCUT2D eigenvalue weighted by atomic mass is 79.9. The van der Waals surface area contributed by atoms with Crippen molar-refractivity contribution in [2.75, 3.05) is 12.5 Å². The first-order chi connectivity index (χ1) is 5.72. The summed E-state index contributed by atoms with van der Waals surface area (Å²) in [6.07, 6.45) is 0. The molecule has 0 N–H and O–H groups in total. The number of hydrogen-bond donors (Lipinski definition) is 0. The van der Waals surface area contributed by atoms with Crippen LogP contribution in [0.3, 0.4) is 0 Å². The fraction of sp³-hybridized carbons (Fsp3) is 0.333. The third kappa shape index (κ3) is 2.91. The van der Waals surface area contributed by atoms with Gasteiger partial charge in [-0.25, -0.2) is 4.39 Å². The molecule has 0 aliphatic rings. The van der Waals surface area contributed by atoms with E-state index in [1.807, 2.05) is 7.05 Å². The van der Waals surface area contributed by atoms with Crippen LogP contribution in [0.15, 0.2) is 24.3 Å². The number of hydrogen-bond acceptors (Lipinski definition) is 1. The average molecular weight is 232 g/mol. The number of rotatable bonds is 3. The molecule has 0 saturated heterocycles. The van der Waals surface area contributed by atoms with E-state index in [-0.39, 0.29) is 5.82 Å². The van der Waals surface area contributed by atoms with Gasteiger partial charge in [0.25, 0.3) is 0 Å². The first kappa shape index (κ1) is 9.68. The number of benzene rings is 1. The Bertz CT molecular complexity index is 235. The lowest BCUT2D eigenvalue weighted by Gasteiger charge is -2.12. The maximum Gasteiger partial charge on any atom is 0.123 e. The van der Waals surface area contributed by atoms with Crippen molar-refractivity contribution in [3.8, 4) is 0 Å². The number of nitrogens with zero attached hydrogens (tertiary/aromatic N) is 1. The minimum atomic E-state index is -0.180. The Hall–Kier alpha value is -0.410. The molecule has 0 spiro atoms. The molecule has 1 aromatic carbocycles. The third-order valence-corrected chi connectivity index (χ3v) is 2.43. The summed E-state index contributed by atoms with van der Waals surface area (Å²) in [4.78, 5) is 2.09. The molecule has 12 heavy (non-hydrogen) atoms. The zero-order valence-corrected chi connectivity index (χ0v) is 8.51. The molecular weight excluding hydrogens is 221 g/mol. The quantitative estimate of drug-likeness (QED) is 0.572. The van der Waals surface area contributed by atoms with Crippen LogP contribution >= 0.6 is 15.9 Å². The Balaban J connectivity index is 2.58. The van der Waals surface area contributed by atoms with Crippen molar-refractivity contribution < 1.29 is 4.39 Å². The lowest BCUT2D eigenvalue weighted by atomic mass is 10.2. The van der Waals surface area contributed by atoms with Crippen molar-refractivity contribution in [3.63, 3.8) is 0 Å². The van der Waals surface area contributed by atoms with E-state index in [9.17, 15) is 4.39 Å². The maximum atomic E-state index is 12.5. The SMILES string of the molecule is CN(CBr)Cc1ccc(F)cc1. The van der Waals surface area contributed by atoms with Gasteiger partial charge in [-0.15, -0.1) is 0 Å². The standard InChI is InChI=1S/C9H11BrFN/c1-12(7-10)6-8-2-4-9(11)5-3-8/h2-5H,6-7H2,1H3. The van der Waals surface area contributed by atoms with Gasteiger partial charge in [0, 0.05) is 6.54 Å². The molecule has 0 radical (unpaired) electrons. The van der Waals surface area contributed by atoms with Gasteiger partial charge in [-0.2, -0.15) is 0 Å². The fourth-order valence-electron chi connectivity index (χ4n) is 0.944. The molecule has 0 heterocycles. The Morgan fingerprint density at radius 3 is 2.42 bits per heavy atom. The van der Waals surface area contributed by atoms with E-state index in [1.54, 1.807) is 12.1 Å². The molecule has 66 valence electrons. The summed E-state index contributed by atoms with van der Waals surface area (Å²) in [6, 6.07) is 6.57. The highest BCUT2D eigenvalue weighted by Gasteiger charge is 1.97. The van der Waals surface area contributed by atoms with Crippen LogP contribution in [0.1, 0.15) is 5.56 Å². The van der Waals surface area contributed by atoms with Crippen molar-refractivity contribution in [1.82, 2.24) is 4.90 Å². The summed E-state index contributed by atoms with van der Waals surface area (Å²) in [5, 5.41) is 0. The summed E-state index contributed by atoms with van der Waals surface area (Å²) >= 11 is 3.34. The maximum absolute atomic E-state index is 12.5. The summed E-state index contributed by atoms with van der Waals surface area (Å²) in [5.41, 5.74) is 1.95. The molecule has 0 aromatic heterocycles. The molecule has 0 bridgehead atoms. The van der Waals surface area contributed by atoms with E-state index in [0.717, 1.165) is 17.6 Å². The fourth-order valence-corrected chi connectivity index (χ4v) is 1.12. The molecule has 0 saturated carbocycles. The van der Waals surface area contributed by atoms with Crippen LogP contribution in [0.25, 0.3) is 0 Å². The lowest BCUT2D eigenvalue weighted by molar-refractivity contribution is 0.390. The van der Waals surface area contributed by atoms with Gasteiger partial charge >= 0.3 is 0 Å². The molecule has 0 aliphatic carbocycles. The van der Waals surface area contributed by atoms with Crippen molar-refractivity contribution in [3.05, 3.63) is 35.6 Å². The number of alkyl halides is 1. The second kappa shape index (κ2) is 4.58. The molecule has 0 aliphatic heterocycles. The van der Waals surface area contributed by atoms with E-state index < -0.39 is 0 Å². The molecule has 1 aromatic rings. The van der Waals surface area contributed by atoms with Crippen molar-refractivity contribution in [1.29, 1.82) is 0 Å². The summed E-state index contributed by atoms with van der Waals surface area (Å²) in [5.74, 6) is -0.180. The molecule has 0 amide bonds. The van der Waals surface area contributed by atoms with E-state index in [1.165, 1.54) is 12.1 Å². The Morgan fingerprint density at radius 1 is 1.33 bits per heavy atom. The van der Waals surface area contributed by atoms with Crippen LogP contribution in [0.5, 0.6) is 0 Å². The van der Waals surface area contributed by atoms with Crippen LogP contribution in [0.4, 0.5) is 4.39 Å². The van der Waals surface area contributed by atoms with Crippen LogP contribution in [0.2, 0.25) is 0 Å². The van der Waals surface area contributed by atoms with Crippen molar-refractivity contribution in [2.45, 2.75) is 6.54 Å². The van der Waals surface area contributed by atoms with Gasteiger partial charge in [-0.1, -0.05) is 28.1 Å². The van der Waals surface area contributed by atoms with Gasteiger partial charge in [-0.3, -0.25) is 4.90 Å². The van der Waals surface area contributed by atoms with E-state index in [0.29, 0.717) is 0 Å². The second-order valence-corrected chi connectivity index (χ2v) is 3.26. The van der Waals surface area contributed by atoms with Gasteiger partial charge < -0.3 is 0 Å². The predicted octanol–water partition coefficient (Wildman–Crippen LogP) is 2.61. The van der Waals surface area contributed by atoms with Crippen LogP contribution < -0.4 is 0 Å². The molecule has 1 nitrogen and oxygen atoms in total. The minimum absolute atomic E-state index is 0.180. The monoisotopic (exact) mass is 231 g/mol. The zero-order valence-electron chi connectivity index (χ0n) is 6.93. The Morgan fingerprint density at radius 2 is 1.92 bits per heavy atom. The van der Waals surface area contributed by atoms with Gasteiger partial charge in [-0.05, 0) is 24.7 Å². The van der Waals surface area contributed by atoms with E-state index in [4.69, 9.17) is 0 Å². The first-order valence-electron chi connectivity index (χ1n) is 3.71. The number of halogens is 2. The summed E-state index contributed by atoms with van der Waals surface area (Å²) in [7, 11) is 2.00. The molecule has 0 fully saturated rings. The third-order valence-electron chi connectivity index (χ3n) is 1.57. The predicted molar refractivity (Wildman–Crippen MR) is 51.7 cm³/mol. The smallest absolute Gasteiger partial charge is 0.123 e.